The first kappa shape index (κ1) is 12.0. The lowest BCUT2D eigenvalue weighted by molar-refractivity contribution is 0.186. The second-order valence-electron chi connectivity index (χ2n) is 2.45. The Morgan fingerprint density at radius 1 is 1.62 bits per heavy atom. The van der Waals surface area contributed by atoms with Crippen LogP contribution < -0.4 is 11.3 Å². The molecule has 0 bridgehead atoms. The molecular weight excluding hydrogens is 192 g/mol. The van der Waals surface area contributed by atoms with Gasteiger partial charge in [-0.3, -0.25) is 4.79 Å². The van der Waals surface area contributed by atoms with Crippen molar-refractivity contribution < 1.29 is 4.74 Å². The highest BCUT2D eigenvalue weighted by atomic mass is 35.5. The fourth-order valence-corrected chi connectivity index (χ4v) is 0.921. The van der Waals surface area contributed by atoms with E-state index in [9.17, 15) is 4.79 Å². The smallest absolute Gasteiger partial charge is 0.273 e. The number of pyridine rings is 1. The number of hydrogen-bond acceptors (Lipinski definition) is 3. The number of anilines is 1. The average Bonchev–Trinajstić information content (AvgIpc) is 2.08. The van der Waals surface area contributed by atoms with Gasteiger partial charge in [0.25, 0.3) is 5.56 Å². The molecule has 1 heterocycles. The third kappa shape index (κ3) is 3.08. The molecule has 0 radical (unpaired) electrons. The summed E-state index contributed by atoms with van der Waals surface area (Å²) in [5, 5.41) is 0. The zero-order valence-corrected chi connectivity index (χ0v) is 8.21. The summed E-state index contributed by atoms with van der Waals surface area (Å²) in [5.74, 6) is 0. The summed E-state index contributed by atoms with van der Waals surface area (Å²) in [6.07, 6.45) is 1.69. The normalized spacial score (nSPS) is 9.31. The van der Waals surface area contributed by atoms with Gasteiger partial charge < -0.3 is 15.0 Å². The molecule has 0 fully saturated rings. The van der Waals surface area contributed by atoms with Crippen LogP contribution in [0.1, 0.15) is 0 Å². The Labute approximate surface area is 82.7 Å². The molecule has 74 valence electrons. The Kier molecular flexibility index (Phi) is 5.18. The van der Waals surface area contributed by atoms with Gasteiger partial charge in [-0.25, -0.2) is 0 Å². The summed E-state index contributed by atoms with van der Waals surface area (Å²) in [6, 6.07) is 3.33. The topological polar surface area (TPSA) is 57.2 Å². The van der Waals surface area contributed by atoms with E-state index in [1.54, 1.807) is 25.4 Å². The van der Waals surface area contributed by atoms with Gasteiger partial charge in [0.1, 0.15) is 0 Å². The van der Waals surface area contributed by atoms with Gasteiger partial charge in [0, 0.05) is 19.9 Å². The standard InChI is InChI=1S/C8H12N2O2.ClH/c1-12-6-5-10-4-2-3-7(9)8(10)11;/h2-4H,5-6,9H2,1H3;1H. The highest BCUT2D eigenvalue weighted by Crippen LogP contribution is 1.91. The molecule has 0 atom stereocenters. The number of nitrogens with zero attached hydrogens (tertiary/aromatic N) is 1. The predicted octanol–water partition coefficient (Wildman–Crippen LogP) is 0.499. The van der Waals surface area contributed by atoms with E-state index in [0.717, 1.165) is 0 Å². The largest absolute Gasteiger partial charge is 0.394 e. The molecular formula is C8H13ClN2O2. The van der Waals surface area contributed by atoms with Crippen molar-refractivity contribution in [2.75, 3.05) is 19.5 Å². The highest BCUT2D eigenvalue weighted by Gasteiger charge is 1.97. The van der Waals surface area contributed by atoms with Crippen molar-refractivity contribution >= 4 is 18.1 Å². The molecule has 0 saturated heterocycles. The van der Waals surface area contributed by atoms with Gasteiger partial charge in [-0.2, -0.15) is 0 Å². The minimum atomic E-state index is -0.158. The SMILES string of the molecule is COCCn1cccc(N)c1=O.Cl. The zero-order valence-electron chi connectivity index (χ0n) is 7.40. The first-order valence-electron chi connectivity index (χ1n) is 3.69. The van der Waals surface area contributed by atoms with Crippen LogP contribution in [0.5, 0.6) is 0 Å². The van der Waals surface area contributed by atoms with E-state index < -0.39 is 0 Å². The molecule has 4 nitrogen and oxygen atoms in total. The van der Waals surface area contributed by atoms with Crippen molar-refractivity contribution in [3.63, 3.8) is 0 Å². The monoisotopic (exact) mass is 204 g/mol. The molecule has 0 spiro atoms. The van der Waals surface area contributed by atoms with Gasteiger partial charge in [0.05, 0.1) is 12.3 Å². The Hall–Kier alpha value is -1.000. The minimum absolute atomic E-state index is 0. The molecule has 0 aliphatic rings. The van der Waals surface area contributed by atoms with E-state index >= 15 is 0 Å². The van der Waals surface area contributed by atoms with Crippen LogP contribution in [0.15, 0.2) is 23.1 Å². The molecule has 0 saturated carbocycles. The molecule has 0 aromatic carbocycles. The first-order valence-corrected chi connectivity index (χ1v) is 3.69. The van der Waals surface area contributed by atoms with E-state index in [1.165, 1.54) is 4.57 Å². The summed E-state index contributed by atoms with van der Waals surface area (Å²) < 4.78 is 6.37. The number of hydrogen-bond donors (Lipinski definition) is 1. The summed E-state index contributed by atoms with van der Waals surface area (Å²) in [7, 11) is 1.59. The number of halogens is 1. The zero-order chi connectivity index (χ0) is 8.97. The van der Waals surface area contributed by atoms with Crippen LogP contribution in [0.3, 0.4) is 0 Å². The van der Waals surface area contributed by atoms with Gasteiger partial charge in [-0.15, -0.1) is 12.4 Å². The maximum Gasteiger partial charge on any atom is 0.273 e. The number of nitrogen functional groups attached to an aromatic ring is 1. The average molecular weight is 205 g/mol. The van der Waals surface area contributed by atoms with Gasteiger partial charge in [0.15, 0.2) is 0 Å². The van der Waals surface area contributed by atoms with Gasteiger partial charge >= 0.3 is 0 Å². The third-order valence-electron chi connectivity index (χ3n) is 1.59. The van der Waals surface area contributed by atoms with Crippen LogP contribution >= 0.6 is 12.4 Å². The predicted molar refractivity (Wildman–Crippen MR) is 54.2 cm³/mol. The van der Waals surface area contributed by atoms with Crippen molar-refractivity contribution in [2.45, 2.75) is 6.54 Å². The number of methoxy groups -OCH3 is 1. The van der Waals surface area contributed by atoms with Crippen molar-refractivity contribution in [3.05, 3.63) is 28.7 Å². The molecule has 0 aliphatic heterocycles. The third-order valence-corrected chi connectivity index (χ3v) is 1.59. The number of ether oxygens (including phenoxy) is 1. The van der Waals surface area contributed by atoms with Gasteiger partial charge in [-0.05, 0) is 12.1 Å². The number of rotatable bonds is 3. The van der Waals surface area contributed by atoms with Crippen LogP contribution in [-0.4, -0.2) is 18.3 Å². The van der Waals surface area contributed by atoms with Crippen molar-refractivity contribution in [2.24, 2.45) is 0 Å². The van der Waals surface area contributed by atoms with E-state index in [1.807, 2.05) is 0 Å². The van der Waals surface area contributed by atoms with E-state index in [2.05, 4.69) is 0 Å². The van der Waals surface area contributed by atoms with Gasteiger partial charge in [-0.1, -0.05) is 0 Å². The lowest BCUT2D eigenvalue weighted by Crippen LogP contribution is -2.23. The quantitative estimate of drug-likeness (QED) is 0.780. The van der Waals surface area contributed by atoms with Crippen LogP contribution in [0, 0.1) is 0 Å². The molecule has 1 rings (SSSR count). The Balaban J connectivity index is 0.00000144. The highest BCUT2D eigenvalue weighted by molar-refractivity contribution is 5.85. The van der Waals surface area contributed by atoms with Crippen molar-refractivity contribution in [1.29, 1.82) is 0 Å². The summed E-state index contributed by atoms with van der Waals surface area (Å²) in [6.45, 7) is 1.06. The fourth-order valence-electron chi connectivity index (χ4n) is 0.921. The summed E-state index contributed by atoms with van der Waals surface area (Å²) in [4.78, 5) is 11.3. The first-order chi connectivity index (χ1) is 5.75. The number of aromatic nitrogens is 1. The molecule has 2 N–H and O–H groups in total. The molecule has 1 aromatic heterocycles. The maximum absolute atomic E-state index is 11.3. The Morgan fingerprint density at radius 3 is 2.92 bits per heavy atom. The molecule has 0 amide bonds. The second kappa shape index (κ2) is 5.61. The number of nitrogens with two attached hydrogens (primary N) is 1. The molecule has 13 heavy (non-hydrogen) atoms. The van der Waals surface area contributed by atoms with Crippen LogP contribution in [0.25, 0.3) is 0 Å². The van der Waals surface area contributed by atoms with Crippen LogP contribution in [-0.2, 0) is 11.3 Å². The lowest BCUT2D eigenvalue weighted by atomic mass is 10.4. The van der Waals surface area contributed by atoms with E-state index in [4.69, 9.17) is 10.5 Å². The minimum Gasteiger partial charge on any atom is -0.394 e. The summed E-state index contributed by atoms with van der Waals surface area (Å²) in [5.41, 5.74) is 5.53. The molecule has 0 unspecified atom stereocenters. The lowest BCUT2D eigenvalue weighted by Gasteiger charge is -2.04. The maximum atomic E-state index is 11.3. The van der Waals surface area contributed by atoms with E-state index in [0.29, 0.717) is 13.2 Å². The Bertz CT molecular complexity index is 311. The molecule has 1 aromatic rings. The van der Waals surface area contributed by atoms with Gasteiger partial charge in [0.2, 0.25) is 0 Å². The molecule has 0 aliphatic carbocycles. The van der Waals surface area contributed by atoms with Crippen molar-refractivity contribution in [1.82, 2.24) is 4.57 Å². The second-order valence-corrected chi connectivity index (χ2v) is 2.45. The van der Waals surface area contributed by atoms with Crippen molar-refractivity contribution in [3.8, 4) is 0 Å². The van der Waals surface area contributed by atoms with E-state index in [-0.39, 0.29) is 23.7 Å². The van der Waals surface area contributed by atoms with Crippen LogP contribution in [0.2, 0.25) is 0 Å². The summed E-state index contributed by atoms with van der Waals surface area (Å²) >= 11 is 0. The Morgan fingerprint density at radius 2 is 2.31 bits per heavy atom. The fraction of sp³-hybridized carbons (Fsp3) is 0.375. The molecule has 5 heteroatoms. The van der Waals surface area contributed by atoms with Crippen LogP contribution in [0.4, 0.5) is 5.69 Å².